The fourth-order valence-electron chi connectivity index (χ4n) is 1.56. The van der Waals surface area contributed by atoms with Gasteiger partial charge in [0, 0.05) is 13.1 Å². The molecule has 0 radical (unpaired) electrons. The van der Waals surface area contributed by atoms with E-state index >= 15 is 0 Å². The largest absolute Gasteiger partial charge is 0.389 e. The molecule has 6 heteroatoms. The minimum atomic E-state index is -3.30. The Bertz CT molecular complexity index is 280. The Morgan fingerprint density at radius 1 is 1.64 bits per heavy atom. The SMILES string of the molecule is CC1CCCN(CC(O)CF)S1(=O)=O. The van der Waals surface area contributed by atoms with Gasteiger partial charge in [0.1, 0.15) is 6.67 Å². The summed E-state index contributed by atoms with van der Waals surface area (Å²) in [6.07, 6.45) is 0.222. The first-order chi connectivity index (χ1) is 6.48. The predicted molar refractivity (Wildman–Crippen MR) is 51.2 cm³/mol. The van der Waals surface area contributed by atoms with Crippen molar-refractivity contribution in [3.8, 4) is 0 Å². The Hall–Kier alpha value is -0.200. The zero-order valence-corrected chi connectivity index (χ0v) is 9.00. The molecule has 1 heterocycles. The maximum absolute atomic E-state index is 12.0. The Kier molecular flexibility index (Phi) is 3.86. The van der Waals surface area contributed by atoms with Crippen LogP contribution in [0.3, 0.4) is 0 Å². The number of hydrogen-bond acceptors (Lipinski definition) is 3. The van der Waals surface area contributed by atoms with Crippen LogP contribution >= 0.6 is 0 Å². The van der Waals surface area contributed by atoms with E-state index in [1.807, 2.05) is 0 Å². The molecule has 0 spiro atoms. The number of alkyl halides is 1. The number of rotatable bonds is 3. The maximum Gasteiger partial charge on any atom is 0.216 e. The van der Waals surface area contributed by atoms with E-state index in [0.29, 0.717) is 13.0 Å². The van der Waals surface area contributed by atoms with Gasteiger partial charge in [0.25, 0.3) is 0 Å². The van der Waals surface area contributed by atoms with Crippen molar-refractivity contribution in [1.82, 2.24) is 4.31 Å². The third-order valence-corrected chi connectivity index (χ3v) is 4.78. The van der Waals surface area contributed by atoms with Gasteiger partial charge < -0.3 is 5.11 Å². The fourth-order valence-corrected chi connectivity index (χ4v) is 3.30. The predicted octanol–water partition coefficient (Wildman–Crippen LogP) is 0.131. The fraction of sp³-hybridized carbons (Fsp3) is 1.00. The zero-order valence-electron chi connectivity index (χ0n) is 8.19. The number of aliphatic hydroxyl groups is 1. The van der Waals surface area contributed by atoms with Gasteiger partial charge in [-0.05, 0) is 19.8 Å². The van der Waals surface area contributed by atoms with Gasteiger partial charge in [0.2, 0.25) is 10.0 Å². The molecule has 2 unspecified atom stereocenters. The van der Waals surface area contributed by atoms with Crippen LogP contribution in [0.1, 0.15) is 19.8 Å². The first-order valence-electron chi connectivity index (χ1n) is 4.71. The summed E-state index contributed by atoms with van der Waals surface area (Å²) >= 11 is 0. The van der Waals surface area contributed by atoms with E-state index in [1.165, 1.54) is 4.31 Å². The number of hydrogen-bond donors (Lipinski definition) is 1. The summed E-state index contributed by atoms with van der Waals surface area (Å²) in [6, 6.07) is 0. The van der Waals surface area contributed by atoms with E-state index in [4.69, 9.17) is 5.11 Å². The third kappa shape index (κ3) is 2.43. The van der Waals surface area contributed by atoms with Gasteiger partial charge >= 0.3 is 0 Å². The normalized spacial score (nSPS) is 30.1. The van der Waals surface area contributed by atoms with Gasteiger partial charge in [0.05, 0.1) is 11.4 Å². The quantitative estimate of drug-likeness (QED) is 0.743. The zero-order chi connectivity index (χ0) is 10.8. The first kappa shape index (κ1) is 11.9. The molecular weight excluding hydrogens is 209 g/mol. The summed E-state index contributed by atoms with van der Waals surface area (Å²) in [7, 11) is -3.30. The molecular formula is C8H16FNO3S. The van der Waals surface area contributed by atoms with Gasteiger partial charge in [-0.25, -0.2) is 12.8 Å². The minimum absolute atomic E-state index is 0.122. The van der Waals surface area contributed by atoms with Crippen molar-refractivity contribution in [1.29, 1.82) is 0 Å². The van der Waals surface area contributed by atoms with Crippen LogP contribution in [0.5, 0.6) is 0 Å². The minimum Gasteiger partial charge on any atom is -0.389 e. The number of sulfonamides is 1. The van der Waals surface area contributed by atoms with Crippen molar-refractivity contribution in [2.45, 2.75) is 31.1 Å². The molecule has 0 aromatic heterocycles. The van der Waals surface area contributed by atoms with Gasteiger partial charge in [0.15, 0.2) is 0 Å². The average Bonchev–Trinajstić information content (AvgIpc) is 2.13. The molecule has 84 valence electrons. The molecule has 1 saturated heterocycles. The number of halogens is 1. The van der Waals surface area contributed by atoms with E-state index in [0.717, 1.165) is 6.42 Å². The summed E-state index contributed by atoms with van der Waals surface area (Å²) in [6.45, 7) is 1.01. The van der Waals surface area contributed by atoms with Crippen molar-refractivity contribution < 1.29 is 17.9 Å². The summed E-state index contributed by atoms with van der Waals surface area (Å²) in [5, 5.41) is 8.63. The van der Waals surface area contributed by atoms with Crippen LogP contribution in [0.4, 0.5) is 4.39 Å². The van der Waals surface area contributed by atoms with Gasteiger partial charge in [-0.15, -0.1) is 0 Å². The van der Waals surface area contributed by atoms with Gasteiger partial charge in [-0.2, -0.15) is 4.31 Å². The molecule has 0 bridgehead atoms. The van der Waals surface area contributed by atoms with Gasteiger partial charge in [-0.3, -0.25) is 0 Å². The second kappa shape index (κ2) is 4.55. The highest BCUT2D eigenvalue weighted by molar-refractivity contribution is 7.89. The molecule has 0 amide bonds. The second-order valence-corrected chi connectivity index (χ2v) is 6.02. The molecule has 0 aliphatic carbocycles. The van der Waals surface area contributed by atoms with Crippen molar-refractivity contribution >= 4 is 10.0 Å². The molecule has 0 aromatic rings. The maximum atomic E-state index is 12.0. The van der Waals surface area contributed by atoms with Crippen LogP contribution in [0.15, 0.2) is 0 Å². The Morgan fingerprint density at radius 2 is 2.29 bits per heavy atom. The van der Waals surface area contributed by atoms with Crippen LogP contribution in [0.25, 0.3) is 0 Å². The molecule has 1 fully saturated rings. The Morgan fingerprint density at radius 3 is 2.86 bits per heavy atom. The van der Waals surface area contributed by atoms with E-state index in [9.17, 15) is 12.8 Å². The highest BCUT2D eigenvalue weighted by Crippen LogP contribution is 2.20. The first-order valence-corrected chi connectivity index (χ1v) is 6.21. The highest BCUT2D eigenvalue weighted by atomic mass is 32.2. The Labute approximate surface area is 83.8 Å². The van der Waals surface area contributed by atoms with Crippen LogP contribution in [-0.4, -0.2) is 48.9 Å². The topological polar surface area (TPSA) is 57.6 Å². The van der Waals surface area contributed by atoms with Crippen LogP contribution in [0.2, 0.25) is 0 Å². The number of nitrogens with zero attached hydrogens (tertiary/aromatic N) is 1. The molecule has 1 aliphatic rings. The van der Waals surface area contributed by atoms with E-state index in [1.54, 1.807) is 6.92 Å². The lowest BCUT2D eigenvalue weighted by atomic mass is 10.2. The monoisotopic (exact) mass is 225 g/mol. The number of β-amino-alcohol motifs (C(OH)–C–C–N with tert-alkyl or cyclic N) is 1. The van der Waals surface area contributed by atoms with Crippen molar-refractivity contribution in [3.63, 3.8) is 0 Å². The molecule has 0 aromatic carbocycles. The molecule has 1 N–H and O–H groups in total. The summed E-state index contributed by atoms with van der Waals surface area (Å²) < 4.78 is 36.5. The summed E-state index contributed by atoms with van der Waals surface area (Å²) in [5.41, 5.74) is 0. The van der Waals surface area contributed by atoms with Gasteiger partial charge in [-0.1, -0.05) is 0 Å². The van der Waals surface area contributed by atoms with E-state index in [2.05, 4.69) is 0 Å². The van der Waals surface area contributed by atoms with Crippen LogP contribution in [-0.2, 0) is 10.0 Å². The standard InChI is InChI=1S/C8H16FNO3S/c1-7-3-2-4-10(14(7,12)13)6-8(11)5-9/h7-8,11H,2-6H2,1H3. The summed E-state index contributed by atoms with van der Waals surface area (Å²) in [5.74, 6) is 0. The van der Waals surface area contributed by atoms with Crippen molar-refractivity contribution in [2.24, 2.45) is 0 Å². The average molecular weight is 225 g/mol. The van der Waals surface area contributed by atoms with Crippen molar-refractivity contribution in [3.05, 3.63) is 0 Å². The highest BCUT2D eigenvalue weighted by Gasteiger charge is 2.33. The van der Waals surface area contributed by atoms with Crippen LogP contribution < -0.4 is 0 Å². The molecule has 0 saturated carbocycles. The molecule has 14 heavy (non-hydrogen) atoms. The second-order valence-electron chi connectivity index (χ2n) is 3.66. The van der Waals surface area contributed by atoms with E-state index in [-0.39, 0.29) is 6.54 Å². The van der Waals surface area contributed by atoms with Crippen LogP contribution in [0, 0.1) is 0 Å². The third-order valence-electron chi connectivity index (χ3n) is 2.48. The molecule has 4 nitrogen and oxygen atoms in total. The van der Waals surface area contributed by atoms with E-state index < -0.39 is 28.1 Å². The lowest BCUT2D eigenvalue weighted by Crippen LogP contribution is -2.46. The molecule has 1 rings (SSSR count). The number of aliphatic hydroxyl groups excluding tert-OH is 1. The smallest absolute Gasteiger partial charge is 0.216 e. The molecule has 1 aliphatic heterocycles. The van der Waals surface area contributed by atoms with Crippen molar-refractivity contribution in [2.75, 3.05) is 19.8 Å². The summed E-state index contributed by atoms with van der Waals surface area (Å²) in [4.78, 5) is 0. The Balaban J connectivity index is 2.68. The lowest BCUT2D eigenvalue weighted by Gasteiger charge is -2.31. The molecule has 2 atom stereocenters. The lowest BCUT2D eigenvalue weighted by molar-refractivity contribution is 0.114.